The average molecular weight is 416 g/mol. The van der Waals surface area contributed by atoms with E-state index in [2.05, 4.69) is 0 Å². The van der Waals surface area contributed by atoms with Crippen molar-refractivity contribution >= 4 is 23.8 Å². The summed E-state index contributed by atoms with van der Waals surface area (Å²) in [4.78, 5) is 42.1. The number of carbonyl (C=O) groups excluding carboxylic acids is 3. The number of esters is 1. The molecule has 1 saturated carbocycles. The number of ether oxygens (including phenoxy) is 3. The number of anilines is 1. The molecule has 1 aromatic rings. The van der Waals surface area contributed by atoms with Crippen molar-refractivity contribution in [1.82, 2.24) is 4.90 Å². The van der Waals surface area contributed by atoms with Gasteiger partial charge in [0.05, 0.1) is 18.2 Å². The lowest BCUT2D eigenvalue weighted by Gasteiger charge is -2.51. The third-order valence-electron chi connectivity index (χ3n) is 5.84. The van der Waals surface area contributed by atoms with Crippen LogP contribution in [0.3, 0.4) is 0 Å². The molecule has 0 N–H and O–H groups in total. The molecular formula is C22H28N2O6. The van der Waals surface area contributed by atoms with Crippen LogP contribution in [0.5, 0.6) is 0 Å². The number of rotatable bonds is 1. The van der Waals surface area contributed by atoms with Gasteiger partial charge in [-0.3, -0.25) is 9.80 Å². The number of para-hydroxylation sites is 1. The molecule has 2 amide bonds. The molecule has 2 aliphatic heterocycles. The van der Waals surface area contributed by atoms with Gasteiger partial charge in [-0.05, 0) is 59.6 Å². The van der Waals surface area contributed by atoms with E-state index < -0.39 is 46.5 Å². The summed E-state index contributed by atoms with van der Waals surface area (Å²) in [5, 5.41) is 0. The van der Waals surface area contributed by atoms with Crippen molar-refractivity contribution in [2.45, 2.75) is 76.3 Å². The van der Waals surface area contributed by atoms with E-state index in [1.165, 1.54) is 16.9 Å². The minimum Gasteiger partial charge on any atom is -0.467 e. The molecule has 1 spiro atoms. The number of carbonyl (C=O) groups is 3. The fourth-order valence-corrected chi connectivity index (χ4v) is 4.91. The van der Waals surface area contributed by atoms with Gasteiger partial charge in [-0.15, -0.1) is 0 Å². The predicted molar refractivity (Wildman–Crippen MR) is 108 cm³/mol. The molecular weight excluding hydrogens is 388 g/mol. The molecule has 1 aromatic carbocycles. The van der Waals surface area contributed by atoms with E-state index in [1.807, 2.05) is 18.2 Å². The van der Waals surface area contributed by atoms with Crippen molar-refractivity contribution in [3.63, 3.8) is 0 Å². The molecule has 3 atom stereocenters. The van der Waals surface area contributed by atoms with Crippen LogP contribution in [0.25, 0.3) is 0 Å². The highest BCUT2D eigenvalue weighted by molar-refractivity contribution is 6.05. The Morgan fingerprint density at radius 3 is 2.10 bits per heavy atom. The second kappa shape index (κ2) is 5.89. The van der Waals surface area contributed by atoms with E-state index in [4.69, 9.17) is 14.2 Å². The molecule has 0 aromatic heterocycles. The van der Waals surface area contributed by atoms with Crippen molar-refractivity contribution in [1.29, 1.82) is 0 Å². The van der Waals surface area contributed by atoms with Gasteiger partial charge in [0, 0.05) is 0 Å². The first-order valence-corrected chi connectivity index (χ1v) is 10.0. The Bertz CT molecular complexity index is 946. The zero-order chi connectivity index (χ0) is 22.3. The maximum Gasteiger partial charge on any atom is 0.416 e. The maximum absolute atomic E-state index is 13.2. The van der Waals surface area contributed by atoms with Crippen LogP contribution >= 0.6 is 0 Å². The smallest absolute Gasteiger partial charge is 0.416 e. The molecule has 0 radical (unpaired) electrons. The number of benzene rings is 1. The lowest BCUT2D eigenvalue weighted by Crippen LogP contribution is -2.74. The van der Waals surface area contributed by atoms with Gasteiger partial charge in [-0.2, -0.15) is 0 Å². The van der Waals surface area contributed by atoms with Crippen molar-refractivity contribution in [3.05, 3.63) is 29.8 Å². The molecule has 1 unspecified atom stereocenters. The Morgan fingerprint density at radius 1 is 0.967 bits per heavy atom. The standard InChI is InChI=1S/C22H28N2O6/c1-19(2,3)29-17(26)23-14-11-9-8-10-13(14)21-12-22(21,16(25)28-7)24(15(21)23)18(27)30-20(4,5)6/h8-11,15H,12H2,1-7H3/t15-,21?,22-/m0/s1. The van der Waals surface area contributed by atoms with Gasteiger partial charge in [0.2, 0.25) is 0 Å². The highest BCUT2D eigenvalue weighted by Gasteiger charge is 2.94. The van der Waals surface area contributed by atoms with Gasteiger partial charge in [0.15, 0.2) is 5.54 Å². The van der Waals surface area contributed by atoms with E-state index in [0.717, 1.165) is 5.56 Å². The second-order valence-corrected chi connectivity index (χ2v) is 10.1. The molecule has 1 aliphatic carbocycles. The molecule has 2 fully saturated rings. The second-order valence-electron chi connectivity index (χ2n) is 10.1. The summed E-state index contributed by atoms with van der Waals surface area (Å²) in [6, 6.07) is 7.38. The van der Waals surface area contributed by atoms with E-state index in [-0.39, 0.29) is 0 Å². The van der Waals surface area contributed by atoms with Gasteiger partial charge in [-0.1, -0.05) is 18.2 Å². The molecule has 2 heterocycles. The lowest BCUT2D eigenvalue weighted by atomic mass is 9.81. The topological polar surface area (TPSA) is 85.4 Å². The molecule has 3 aliphatic rings. The Labute approximate surface area is 176 Å². The molecule has 8 nitrogen and oxygen atoms in total. The van der Waals surface area contributed by atoms with Crippen LogP contribution in [0.15, 0.2) is 24.3 Å². The van der Waals surface area contributed by atoms with Gasteiger partial charge in [-0.25, -0.2) is 14.4 Å². The van der Waals surface area contributed by atoms with Crippen LogP contribution in [-0.2, 0) is 24.4 Å². The summed E-state index contributed by atoms with van der Waals surface area (Å²) in [5.41, 5.74) is -1.90. The van der Waals surface area contributed by atoms with Crippen molar-refractivity contribution < 1.29 is 28.6 Å². The summed E-state index contributed by atoms with van der Waals surface area (Å²) in [6.07, 6.45) is -1.57. The quantitative estimate of drug-likeness (QED) is 0.514. The van der Waals surface area contributed by atoms with Crippen molar-refractivity contribution in [2.24, 2.45) is 0 Å². The van der Waals surface area contributed by atoms with Gasteiger partial charge in [0.1, 0.15) is 17.4 Å². The molecule has 30 heavy (non-hydrogen) atoms. The van der Waals surface area contributed by atoms with E-state index >= 15 is 0 Å². The third-order valence-corrected chi connectivity index (χ3v) is 5.84. The monoisotopic (exact) mass is 416 g/mol. The fraction of sp³-hybridized carbons (Fsp3) is 0.591. The van der Waals surface area contributed by atoms with Gasteiger partial charge in [0.25, 0.3) is 0 Å². The summed E-state index contributed by atoms with van der Waals surface area (Å²) in [5.74, 6) is -0.509. The van der Waals surface area contributed by atoms with Gasteiger partial charge >= 0.3 is 18.2 Å². The zero-order valence-corrected chi connectivity index (χ0v) is 18.4. The number of hydrogen-bond donors (Lipinski definition) is 0. The van der Waals surface area contributed by atoms with Crippen molar-refractivity contribution in [2.75, 3.05) is 12.0 Å². The van der Waals surface area contributed by atoms with Crippen molar-refractivity contribution in [3.8, 4) is 0 Å². The Hall–Kier alpha value is -2.77. The lowest BCUT2D eigenvalue weighted by molar-refractivity contribution is -0.158. The average Bonchev–Trinajstić information content (AvgIpc) is 3.08. The number of nitrogens with zero attached hydrogens (tertiary/aromatic N) is 2. The van der Waals surface area contributed by atoms with Gasteiger partial charge < -0.3 is 14.2 Å². The molecule has 8 heteroatoms. The number of likely N-dealkylation sites (tertiary alicyclic amines) is 1. The minimum absolute atomic E-state index is 0.368. The predicted octanol–water partition coefficient (Wildman–Crippen LogP) is 3.57. The van der Waals surface area contributed by atoms with E-state index in [1.54, 1.807) is 47.6 Å². The molecule has 0 bridgehead atoms. The molecule has 1 saturated heterocycles. The number of fused-ring (bicyclic) bond motifs is 1. The van der Waals surface area contributed by atoms with E-state index in [0.29, 0.717) is 12.1 Å². The normalized spacial score (nSPS) is 28.6. The van der Waals surface area contributed by atoms with Crippen LogP contribution in [0.2, 0.25) is 0 Å². The summed E-state index contributed by atoms with van der Waals surface area (Å²) >= 11 is 0. The number of amides is 2. The van der Waals surface area contributed by atoms with Crippen LogP contribution in [0.1, 0.15) is 53.5 Å². The maximum atomic E-state index is 13.2. The van der Waals surface area contributed by atoms with E-state index in [9.17, 15) is 14.4 Å². The number of methoxy groups -OCH3 is 1. The first-order chi connectivity index (χ1) is 13.8. The summed E-state index contributed by atoms with van der Waals surface area (Å²) < 4.78 is 16.3. The SMILES string of the molecule is COC(=O)[C@@]12CC13c1ccccc1N(C(=O)OC(C)(C)C)[C@H]3N2C(=O)OC(C)(C)C. The Balaban J connectivity index is 1.82. The summed E-state index contributed by atoms with van der Waals surface area (Å²) in [6.45, 7) is 10.6. The van der Waals surface area contributed by atoms with Crippen LogP contribution in [-0.4, -0.2) is 53.1 Å². The third kappa shape index (κ3) is 2.48. The fourth-order valence-electron chi connectivity index (χ4n) is 4.91. The largest absolute Gasteiger partial charge is 0.467 e. The van der Waals surface area contributed by atoms with Crippen LogP contribution in [0, 0.1) is 0 Å². The first-order valence-electron chi connectivity index (χ1n) is 10.0. The minimum atomic E-state index is -1.18. The Morgan fingerprint density at radius 2 is 1.53 bits per heavy atom. The van der Waals surface area contributed by atoms with Crippen LogP contribution < -0.4 is 4.90 Å². The molecule has 162 valence electrons. The first kappa shape index (κ1) is 20.5. The Kier molecular flexibility index (Phi) is 4.03. The summed E-state index contributed by atoms with van der Waals surface area (Å²) in [7, 11) is 1.30. The highest BCUT2D eigenvalue weighted by atomic mass is 16.6. The van der Waals surface area contributed by atoms with Crippen LogP contribution in [0.4, 0.5) is 15.3 Å². The number of hydrogen-bond acceptors (Lipinski definition) is 6. The highest BCUT2D eigenvalue weighted by Crippen LogP contribution is 2.78. The molecule has 4 rings (SSSR count). The zero-order valence-electron chi connectivity index (χ0n) is 18.4.